The fourth-order valence-corrected chi connectivity index (χ4v) is 3.21. The van der Waals surface area contributed by atoms with Crippen LogP contribution in [0.2, 0.25) is 0 Å². The second-order valence-corrected chi connectivity index (χ2v) is 6.02. The largest absolute Gasteiger partial charge is 0.405 e. The number of hydrogen-bond donors (Lipinski definition) is 1. The number of halogens is 3. The van der Waals surface area contributed by atoms with Gasteiger partial charge in [-0.3, -0.25) is 9.69 Å². The zero-order valence-electron chi connectivity index (χ0n) is 11.4. The van der Waals surface area contributed by atoms with Crippen LogP contribution in [0, 0.1) is 0 Å². The van der Waals surface area contributed by atoms with Crippen LogP contribution in [0.4, 0.5) is 13.2 Å². The van der Waals surface area contributed by atoms with Crippen molar-refractivity contribution >= 4 is 17.7 Å². The number of hydrogen-bond acceptors (Lipinski definition) is 3. The Labute approximate surface area is 125 Å². The Kier molecular flexibility index (Phi) is 5.52. The van der Waals surface area contributed by atoms with Gasteiger partial charge >= 0.3 is 6.18 Å². The molecular formula is C14H17F3N2OS. The highest BCUT2D eigenvalue weighted by atomic mass is 32.2. The van der Waals surface area contributed by atoms with Crippen LogP contribution in [0.1, 0.15) is 11.6 Å². The van der Waals surface area contributed by atoms with Gasteiger partial charge in [0.2, 0.25) is 5.91 Å². The minimum absolute atomic E-state index is 0.592. The molecule has 21 heavy (non-hydrogen) atoms. The Balaban J connectivity index is 2.13. The molecule has 0 saturated carbocycles. The SMILES string of the molecule is O=C(NCC(F)(F)F)[C@H](c1ccccc1)N1CCSCC1. The third kappa shape index (κ3) is 4.93. The molecule has 1 N–H and O–H groups in total. The average molecular weight is 318 g/mol. The van der Waals surface area contributed by atoms with E-state index < -0.39 is 24.7 Å². The second-order valence-electron chi connectivity index (χ2n) is 4.79. The maximum absolute atomic E-state index is 12.3. The number of carbonyl (C=O) groups excluding carboxylic acids is 1. The van der Waals surface area contributed by atoms with Gasteiger partial charge in [0.15, 0.2) is 0 Å². The fourth-order valence-electron chi connectivity index (χ4n) is 2.28. The first kappa shape index (κ1) is 16.2. The van der Waals surface area contributed by atoms with E-state index in [1.54, 1.807) is 36.0 Å². The van der Waals surface area contributed by atoms with Crippen LogP contribution in [0.25, 0.3) is 0 Å². The van der Waals surface area contributed by atoms with Crippen LogP contribution >= 0.6 is 11.8 Å². The number of nitrogens with one attached hydrogen (secondary N) is 1. The number of alkyl halides is 3. The minimum atomic E-state index is -4.39. The minimum Gasteiger partial charge on any atom is -0.345 e. The molecule has 0 radical (unpaired) electrons. The van der Waals surface area contributed by atoms with Crippen LogP contribution < -0.4 is 5.32 Å². The molecular weight excluding hydrogens is 301 g/mol. The van der Waals surface area contributed by atoms with E-state index >= 15 is 0 Å². The van der Waals surface area contributed by atoms with Crippen molar-refractivity contribution < 1.29 is 18.0 Å². The van der Waals surface area contributed by atoms with E-state index in [0.29, 0.717) is 13.1 Å². The number of nitrogens with zero attached hydrogens (tertiary/aromatic N) is 1. The van der Waals surface area contributed by atoms with Gasteiger partial charge in [0.25, 0.3) is 0 Å². The molecule has 1 amide bonds. The lowest BCUT2D eigenvalue weighted by atomic mass is 10.0. The zero-order chi connectivity index (χ0) is 15.3. The fraction of sp³-hybridized carbons (Fsp3) is 0.500. The Morgan fingerprint density at radius 1 is 1.24 bits per heavy atom. The lowest BCUT2D eigenvalue weighted by molar-refractivity contribution is -0.141. The first-order chi connectivity index (χ1) is 9.97. The molecule has 1 fully saturated rings. The van der Waals surface area contributed by atoms with Crippen molar-refractivity contribution in [2.45, 2.75) is 12.2 Å². The van der Waals surface area contributed by atoms with Gasteiger partial charge in [0.1, 0.15) is 12.6 Å². The van der Waals surface area contributed by atoms with E-state index in [1.807, 2.05) is 16.3 Å². The van der Waals surface area contributed by atoms with Crippen molar-refractivity contribution in [1.29, 1.82) is 0 Å². The van der Waals surface area contributed by atoms with Crippen LogP contribution in [-0.4, -0.2) is 48.1 Å². The molecule has 116 valence electrons. The number of benzene rings is 1. The van der Waals surface area contributed by atoms with Gasteiger partial charge in [-0.25, -0.2) is 0 Å². The van der Waals surface area contributed by atoms with Crippen molar-refractivity contribution in [2.24, 2.45) is 0 Å². The van der Waals surface area contributed by atoms with Crippen LogP contribution in [0.15, 0.2) is 30.3 Å². The maximum Gasteiger partial charge on any atom is 0.405 e. The highest BCUT2D eigenvalue weighted by Crippen LogP contribution is 2.25. The standard InChI is InChI=1S/C14H17F3N2OS/c15-14(16,17)10-18-13(20)12(11-4-2-1-3-5-11)19-6-8-21-9-7-19/h1-5,12H,6-10H2,(H,18,20)/t12-/m0/s1. The van der Waals surface area contributed by atoms with E-state index in [0.717, 1.165) is 17.1 Å². The smallest absolute Gasteiger partial charge is 0.345 e. The highest BCUT2D eigenvalue weighted by Gasteiger charge is 2.33. The molecule has 0 aromatic heterocycles. The molecule has 7 heteroatoms. The summed E-state index contributed by atoms with van der Waals surface area (Å²) in [6.07, 6.45) is -4.39. The van der Waals surface area contributed by atoms with Gasteiger partial charge in [0.05, 0.1) is 0 Å². The third-order valence-corrected chi connectivity index (χ3v) is 4.18. The molecule has 1 heterocycles. The van der Waals surface area contributed by atoms with E-state index in [-0.39, 0.29) is 0 Å². The van der Waals surface area contributed by atoms with Crippen molar-refractivity contribution in [3.63, 3.8) is 0 Å². The summed E-state index contributed by atoms with van der Waals surface area (Å²) < 4.78 is 36.9. The van der Waals surface area contributed by atoms with Crippen molar-refractivity contribution in [2.75, 3.05) is 31.1 Å². The van der Waals surface area contributed by atoms with Gasteiger partial charge in [-0.15, -0.1) is 0 Å². The topological polar surface area (TPSA) is 32.3 Å². The molecule has 1 aliphatic rings. The summed E-state index contributed by atoms with van der Waals surface area (Å²) in [4.78, 5) is 14.2. The summed E-state index contributed by atoms with van der Waals surface area (Å²) in [7, 11) is 0. The number of carbonyl (C=O) groups is 1. The summed E-state index contributed by atoms with van der Waals surface area (Å²) in [6.45, 7) is 0.102. The molecule has 1 atom stereocenters. The number of rotatable bonds is 4. The summed E-state index contributed by atoms with van der Waals surface area (Å²) in [5, 5.41) is 2.01. The third-order valence-electron chi connectivity index (χ3n) is 3.24. The van der Waals surface area contributed by atoms with E-state index in [2.05, 4.69) is 0 Å². The van der Waals surface area contributed by atoms with E-state index in [9.17, 15) is 18.0 Å². The predicted molar refractivity (Wildman–Crippen MR) is 77.1 cm³/mol. The van der Waals surface area contributed by atoms with Crippen molar-refractivity contribution in [1.82, 2.24) is 10.2 Å². The number of thioether (sulfide) groups is 1. The lowest BCUT2D eigenvalue weighted by Gasteiger charge is -2.33. The Morgan fingerprint density at radius 2 is 1.86 bits per heavy atom. The highest BCUT2D eigenvalue weighted by molar-refractivity contribution is 7.99. The molecule has 1 saturated heterocycles. The molecule has 3 nitrogen and oxygen atoms in total. The monoisotopic (exact) mass is 318 g/mol. The van der Waals surface area contributed by atoms with Gasteiger partial charge in [0, 0.05) is 24.6 Å². The Bertz CT molecular complexity index is 461. The van der Waals surface area contributed by atoms with Crippen LogP contribution in [-0.2, 0) is 4.79 Å². The first-order valence-corrected chi connectivity index (χ1v) is 7.84. The van der Waals surface area contributed by atoms with Gasteiger partial charge in [-0.1, -0.05) is 30.3 Å². The maximum atomic E-state index is 12.3. The summed E-state index contributed by atoms with van der Waals surface area (Å²) in [5.74, 6) is 1.18. The summed E-state index contributed by atoms with van der Waals surface area (Å²) in [6, 6.07) is 8.30. The van der Waals surface area contributed by atoms with Crippen molar-refractivity contribution in [3.05, 3.63) is 35.9 Å². The second kappa shape index (κ2) is 7.17. The van der Waals surface area contributed by atoms with Crippen LogP contribution in [0.5, 0.6) is 0 Å². The van der Waals surface area contributed by atoms with Gasteiger partial charge < -0.3 is 5.32 Å². The lowest BCUT2D eigenvalue weighted by Crippen LogP contribution is -2.46. The summed E-state index contributed by atoms with van der Waals surface area (Å²) >= 11 is 1.79. The normalized spacial score (nSPS) is 18.2. The summed E-state index contributed by atoms with van der Waals surface area (Å²) in [5.41, 5.74) is 0.726. The first-order valence-electron chi connectivity index (χ1n) is 6.68. The quantitative estimate of drug-likeness (QED) is 0.925. The molecule has 0 spiro atoms. The molecule has 0 aliphatic carbocycles. The van der Waals surface area contributed by atoms with Gasteiger partial charge in [-0.05, 0) is 5.56 Å². The van der Waals surface area contributed by atoms with Crippen molar-refractivity contribution in [3.8, 4) is 0 Å². The molecule has 1 aromatic carbocycles. The molecule has 0 unspecified atom stereocenters. The molecule has 0 bridgehead atoms. The molecule has 2 rings (SSSR count). The Morgan fingerprint density at radius 3 is 2.43 bits per heavy atom. The zero-order valence-corrected chi connectivity index (χ0v) is 12.2. The van der Waals surface area contributed by atoms with Gasteiger partial charge in [-0.2, -0.15) is 24.9 Å². The van der Waals surface area contributed by atoms with E-state index in [1.165, 1.54) is 0 Å². The predicted octanol–water partition coefficient (Wildman–Crippen LogP) is 2.46. The molecule has 1 aliphatic heterocycles. The van der Waals surface area contributed by atoms with Crippen LogP contribution in [0.3, 0.4) is 0 Å². The number of amides is 1. The van der Waals surface area contributed by atoms with E-state index in [4.69, 9.17) is 0 Å². The molecule has 1 aromatic rings. The Hall–Kier alpha value is -1.21. The average Bonchev–Trinajstić information content (AvgIpc) is 2.47.